The standard InChI is InChI=1S/C24H38FN3O3/c1-24(2,3)31-23(30)26(4)15-19(18-5-7-20(25)8-6-18)9-12-27-16-21(17-27)28-13-10-22(29)11-14-28/h5-8,19,21-22,29H,9-17H2,1-4H3. The monoisotopic (exact) mass is 435 g/mol. The van der Waals surface area contributed by atoms with E-state index in [-0.39, 0.29) is 23.9 Å². The molecule has 2 fully saturated rings. The number of hydrogen-bond donors (Lipinski definition) is 1. The molecule has 2 aliphatic rings. The lowest BCUT2D eigenvalue weighted by atomic mass is 9.93. The molecule has 174 valence electrons. The third kappa shape index (κ3) is 7.16. The number of hydrogen-bond acceptors (Lipinski definition) is 5. The maximum atomic E-state index is 13.4. The third-order valence-electron chi connectivity index (χ3n) is 6.29. The van der Waals surface area contributed by atoms with Crippen molar-refractivity contribution in [3.63, 3.8) is 0 Å². The van der Waals surface area contributed by atoms with Crippen LogP contribution in [0, 0.1) is 5.82 Å². The van der Waals surface area contributed by atoms with Gasteiger partial charge in [-0.1, -0.05) is 12.1 Å². The second kappa shape index (κ2) is 10.3. The van der Waals surface area contributed by atoms with Gasteiger partial charge in [-0.05, 0) is 64.3 Å². The van der Waals surface area contributed by atoms with Crippen LogP contribution in [0.25, 0.3) is 0 Å². The first-order valence-electron chi connectivity index (χ1n) is 11.4. The van der Waals surface area contributed by atoms with Crippen LogP contribution in [-0.4, -0.2) is 90.0 Å². The molecule has 2 aliphatic heterocycles. The average Bonchev–Trinajstić information content (AvgIpc) is 2.66. The number of aliphatic hydroxyl groups is 1. The number of likely N-dealkylation sites (tertiary alicyclic amines) is 2. The maximum Gasteiger partial charge on any atom is 0.410 e. The highest BCUT2D eigenvalue weighted by molar-refractivity contribution is 5.67. The van der Waals surface area contributed by atoms with Gasteiger partial charge in [0, 0.05) is 51.7 Å². The Hall–Kier alpha value is -1.70. The first-order chi connectivity index (χ1) is 14.6. The molecule has 2 saturated heterocycles. The lowest BCUT2D eigenvalue weighted by Gasteiger charge is -2.47. The molecule has 1 aromatic rings. The number of piperidine rings is 1. The molecule has 1 unspecified atom stereocenters. The fourth-order valence-electron chi connectivity index (χ4n) is 4.39. The molecule has 0 saturated carbocycles. The predicted octanol–water partition coefficient (Wildman–Crippen LogP) is 3.31. The molecule has 1 N–H and O–H groups in total. The van der Waals surface area contributed by atoms with Crippen LogP contribution < -0.4 is 0 Å². The Morgan fingerprint density at radius 2 is 1.84 bits per heavy atom. The smallest absolute Gasteiger partial charge is 0.410 e. The fraction of sp³-hybridized carbons (Fsp3) is 0.708. The van der Waals surface area contributed by atoms with E-state index in [1.807, 2.05) is 32.9 Å². The topological polar surface area (TPSA) is 56.2 Å². The largest absolute Gasteiger partial charge is 0.444 e. The van der Waals surface area contributed by atoms with E-state index in [2.05, 4.69) is 9.80 Å². The van der Waals surface area contributed by atoms with Gasteiger partial charge in [-0.2, -0.15) is 0 Å². The summed E-state index contributed by atoms with van der Waals surface area (Å²) in [5.41, 5.74) is 0.507. The molecule has 0 bridgehead atoms. The van der Waals surface area contributed by atoms with Crippen molar-refractivity contribution in [3.05, 3.63) is 35.6 Å². The van der Waals surface area contributed by atoms with Gasteiger partial charge < -0.3 is 19.6 Å². The Morgan fingerprint density at radius 3 is 2.42 bits per heavy atom. The number of amides is 1. The van der Waals surface area contributed by atoms with E-state index in [1.165, 1.54) is 12.1 Å². The molecule has 0 spiro atoms. The van der Waals surface area contributed by atoms with Gasteiger partial charge in [-0.3, -0.25) is 4.90 Å². The first-order valence-corrected chi connectivity index (χ1v) is 11.4. The van der Waals surface area contributed by atoms with E-state index in [0.29, 0.717) is 12.6 Å². The molecule has 0 radical (unpaired) electrons. The van der Waals surface area contributed by atoms with Crippen molar-refractivity contribution >= 4 is 6.09 Å². The Morgan fingerprint density at radius 1 is 1.23 bits per heavy atom. The second-order valence-electron chi connectivity index (χ2n) is 10.1. The lowest BCUT2D eigenvalue weighted by molar-refractivity contribution is -0.00568. The number of aliphatic hydroxyl groups excluding tert-OH is 1. The lowest BCUT2D eigenvalue weighted by Crippen LogP contribution is -2.61. The van der Waals surface area contributed by atoms with Gasteiger partial charge in [-0.15, -0.1) is 0 Å². The molecule has 31 heavy (non-hydrogen) atoms. The minimum absolute atomic E-state index is 0.113. The minimum Gasteiger partial charge on any atom is -0.444 e. The van der Waals surface area contributed by atoms with Crippen molar-refractivity contribution in [2.45, 2.75) is 63.7 Å². The SMILES string of the molecule is CN(CC(CCN1CC(N2CCC(O)CC2)C1)c1ccc(F)cc1)C(=O)OC(C)(C)C. The summed E-state index contributed by atoms with van der Waals surface area (Å²) >= 11 is 0. The number of carbonyl (C=O) groups is 1. The average molecular weight is 436 g/mol. The summed E-state index contributed by atoms with van der Waals surface area (Å²) in [6.07, 6.45) is 2.17. The number of halogens is 1. The predicted molar refractivity (Wildman–Crippen MR) is 120 cm³/mol. The summed E-state index contributed by atoms with van der Waals surface area (Å²) in [6.45, 7) is 11.1. The van der Waals surface area contributed by atoms with Gasteiger partial charge in [0.15, 0.2) is 0 Å². The van der Waals surface area contributed by atoms with E-state index in [4.69, 9.17) is 4.74 Å². The van der Waals surface area contributed by atoms with Crippen LogP contribution in [-0.2, 0) is 4.74 Å². The van der Waals surface area contributed by atoms with E-state index in [1.54, 1.807) is 11.9 Å². The van der Waals surface area contributed by atoms with Crippen molar-refractivity contribution < 1.29 is 19.0 Å². The van der Waals surface area contributed by atoms with Crippen LogP contribution in [0.5, 0.6) is 0 Å². The number of likely N-dealkylation sites (N-methyl/N-ethyl adjacent to an activating group) is 1. The second-order valence-corrected chi connectivity index (χ2v) is 10.1. The number of nitrogens with zero attached hydrogens (tertiary/aromatic N) is 3. The van der Waals surface area contributed by atoms with Gasteiger partial charge in [-0.25, -0.2) is 9.18 Å². The summed E-state index contributed by atoms with van der Waals surface area (Å²) in [5, 5.41) is 9.70. The molecule has 0 aliphatic carbocycles. The molecular formula is C24H38FN3O3. The van der Waals surface area contributed by atoms with Crippen molar-refractivity contribution in [1.82, 2.24) is 14.7 Å². The molecular weight excluding hydrogens is 397 g/mol. The highest BCUT2D eigenvalue weighted by atomic mass is 19.1. The van der Waals surface area contributed by atoms with Crippen LogP contribution in [0.1, 0.15) is 51.5 Å². The van der Waals surface area contributed by atoms with Crippen molar-refractivity contribution in [2.75, 3.05) is 46.3 Å². The number of rotatable bonds is 7. The summed E-state index contributed by atoms with van der Waals surface area (Å²) < 4.78 is 18.9. The minimum atomic E-state index is -0.534. The van der Waals surface area contributed by atoms with Gasteiger partial charge in [0.05, 0.1) is 6.10 Å². The highest BCUT2D eigenvalue weighted by Crippen LogP contribution is 2.25. The number of carbonyl (C=O) groups excluding carboxylic acids is 1. The summed E-state index contributed by atoms with van der Waals surface area (Å²) in [5.74, 6) is -0.137. The Kier molecular flexibility index (Phi) is 7.94. The van der Waals surface area contributed by atoms with Gasteiger partial charge in [0.1, 0.15) is 11.4 Å². The zero-order valence-corrected chi connectivity index (χ0v) is 19.4. The zero-order valence-electron chi connectivity index (χ0n) is 19.4. The van der Waals surface area contributed by atoms with E-state index in [9.17, 15) is 14.3 Å². The fourth-order valence-corrected chi connectivity index (χ4v) is 4.39. The van der Waals surface area contributed by atoms with Crippen LogP contribution in [0.15, 0.2) is 24.3 Å². The summed E-state index contributed by atoms with van der Waals surface area (Å²) in [4.78, 5) is 19.0. The Balaban J connectivity index is 1.53. The molecule has 7 heteroatoms. The highest BCUT2D eigenvalue weighted by Gasteiger charge is 2.34. The Labute approximate surface area is 186 Å². The van der Waals surface area contributed by atoms with Crippen LogP contribution >= 0.6 is 0 Å². The van der Waals surface area contributed by atoms with Crippen LogP contribution in [0.2, 0.25) is 0 Å². The van der Waals surface area contributed by atoms with E-state index >= 15 is 0 Å². The third-order valence-corrected chi connectivity index (χ3v) is 6.29. The quantitative estimate of drug-likeness (QED) is 0.712. The van der Waals surface area contributed by atoms with Crippen molar-refractivity contribution in [3.8, 4) is 0 Å². The molecule has 1 aromatic carbocycles. The van der Waals surface area contributed by atoms with E-state index < -0.39 is 5.60 Å². The number of benzene rings is 1. The van der Waals surface area contributed by atoms with Gasteiger partial charge >= 0.3 is 6.09 Å². The maximum absolute atomic E-state index is 13.4. The van der Waals surface area contributed by atoms with Gasteiger partial charge in [0.25, 0.3) is 0 Å². The Bertz CT molecular complexity index is 708. The van der Waals surface area contributed by atoms with Crippen molar-refractivity contribution in [2.24, 2.45) is 0 Å². The molecule has 1 atom stereocenters. The molecule has 6 nitrogen and oxygen atoms in total. The van der Waals surface area contributed by atoms with Crippen molar-refractivity contribution in [1.29, 1.82) is 0 Å². The van der Waals surface area contributed by atoms with E-state index in [0.717, 1.165) is 57.5 Å². The molecule has 1 amide bonds. The molecule has 3 rings (SSSR count). The zero-order chi connectivity index (χ0) is 22.6. The van der Waals surface area contributed by atoms with Gasteiger partial charge in [0.2, 0.25) is 0 Å². The van der Waals surface area contributed by atoms with Crippen LogP contribution in [0.3, 0.4) is 0 Å². The summed E-state index contributed by atoms with van der Waals surface area (Å²) in [7, 11) is 1.76. The first kappa shape index (κ1) is 24.0. The number of ether oxygens (including phenoxy) is 1. The molecule has 2 heterocycles. The normalized spacial score (nSPS) is 20.3. The summed E-state index contributed by atoms with van der Waals surface area (Å²) in [6, 6.07) is 7.20. The molecule has 0 aromatic heterocycles. The van der Waals surface area contributed by atoms with Crippen LogP contribution in [0.4, 0.5) is 9.18 Å².